The molecule has 2 rings (SSSR count). The molecule has 1 amide bonds. The number of rotatable bonds is 3. The van der Waals surface area contributed by atoms with Crippen LogP contribution in [0.4, 0.5) is 0 Å². The molecule has 1 aromatic rings. The fourth-order valence-electron chi connectivity index (χ4n) is 2.67. The minimum Gasteiger partial charge on any atom is -0.479 e. The van der Waals surface area contributed by atoms with Crippen molar-refractivity contribution in [1.82, 2.24) is 14.7 Å². The lowest BCUT2D eigenvalue weighted by molar-refractivity contribution is -0.148. The second kappa shape index (κ2) is 5.07. The molecule has 0 bridgehead atoms. The number of carboxylic acids is 1. The highest BCUT2D eigenvalue weighted by atomic mass is 16.4. The lowest BCUT2D eigenvalue weighted by Gasteiger charge is -2.33. The Balaban J connectivity index is 2.39. The van der Waals surface area contributed by atoms with Crippen LogP contribution in [-0.2, 0) is 11.8 Å². The molecule has 1 aromatic heterocycles. The third-order valence-corrected chi connectivity index (χ3v) is 3.90. The summed E-state index contributed by atoms with van der Waals surface area (Å²) in [6, 6.07) is 2.59. The highest BCUT2D eigenvalue weighted by Gasteiger charge is 2.49. The van der Waals surface area contributed by atoms with Crippen LogP contribution in [0.15, 0.2) is 16.9 Å². The summed E-state index contributed by atoms with van der Waals surface area (Å²) >= 11 is 0. The van der Waals surface area contributed by atoms with Crippen LogP contribution in [0.1, 0.15) is 36.7 Å². The summed E-state index contributed by atoms with van der Waals surface area (Å²) in [6.07, 6.45) is 1.44. The van der Waals surface area contributed by atoms with E-state index in [0.717, 1.165) is 4.68 Å². The predicted molar refractivity (Wildman–Crippen MR) is 70.4 cm³/mol. The molecule has 1 fully saturated rings. The van der Waals surface area contributed by atoms with Gasteiger partial charge in [0, 0.05) is 19.7 Å². The normalized spacial score (nSPS) is 22.0. The molecule has 1 aliphatic heterocycles. The lowest BCUT2D eigenvalue weighted by atomic mass is 9.93. The van der Waals surface area contributed by atoms with Crippen molar-refractivity contribution in [2.75, 3.05) is 6.54 Å². The molecule has 0 aromatic carbocycles. The van der Waals surface area contributed by atoms with E-state index in [2.05, 4.69) is 5.10 Å². The van der Waals surface area contributed by atoms with Crippen LogP contribution in [0.25, 0.3) is 0 Å². The smallest absolute Gasteiger partial charge is 0.329 e. The number of hydrogen-bond acceptors (Lipinski definition) is 4. The van der Waals surface area contributed by atoms with E-state index in [4.69, 9.17) is 0 Å². The summed E-state index contributed by atoms with van der Waals surface area (Å²) in [7, 11) is 1.45. The fourth-order valence-corrected chi connectivity index (χ4v) is 2.67. The maximum atomic E-state index is 12.5. The van der Waals surface area contributed by atoms with Gasteiger partial charge in [-0.3, -0.25) is 9.59 Å². The van der Waals surface area contributed by atoms with E-state index in [-0.39, 0.29) is 11.3 Å². The monoisotopic (exact) mass is 279 g/mol. The number of carbonyl (C=O) groups is 2. The van der Waals surface area contributed by atoms with Crippen LogP contribution in [0, 0.1) is 0 Å². The standard InChI is InChI=1S/C13H17N3O4/c1-3-13(12(19)20)7-4-8-16(13)11(18)9-5-6-10(17)15(2)14-9/h5-6H,3-4,7-8H2,1-2H3,(H,19,20). The van der Waals surface area contributed by atoms with Gasteiger partial charge in [0.1, 0.15) is 11.2 Å². The molecular formula is C13H17N3O4. The van der Waals surface area contributed by atoms with E-state index in [1.165, 1.54) is 24.1 Å². The van der Waals surface area contributed by atoms with E-state index >= 15 is 0 Å². The fraction of sp³-hybridized carbons (Fsp3) is 0.538. The first-order chi connectivity index (χ1) is 9.42. The Morgan fingerprint density at radius 3 is 2.70 bits per heavy atom. The van der Waals surface area contributed by atoms with Gasteiger partial charge >= 0.3 is 5.97 Å². The predicted octanol–water partition coefficient (Wildman–Crippen LogP) is 0.250. The summed E-state index contributed by atoms with van der Waals surface area (Å²) in [5.41, 5.74) is -1.39. The van der Waals surface area contributed by atoms with Gasteiger partial charge in [-0.25, -0.2) is 9.48 Å². The summed E-state index contributed by atoms with van der Waals surface area (Å²) < 4.78 is 1.07. The third kappa shape index (κ3) is 2.09. The van der Waals surface area contributed by atoms with E-state index < -0.39 is 17.4 Å². The molecule has 7 heteroatoms. The van der Waals surface area contributed by atoms with Crippen molar-refractivity contribution in [2.45, 2.75) is 31.7 Å². The number of aromatic nitrogens is 2. The molecule has 20 heavy (non-hydrogen) atoms. The molecule has 1 aliphatic rings. The van der Waals surface area contributed by atoms with Crippen molar-refractivity contribution in [3.8, 4) is 0 Å². The first-order valence-corrected chi connectivity index (χ1v) is 6.52. The second-order valence-electron chi connectivity index (χ2n) is 4.93. The van der Waals surface area contributed by atoms with Gasteiger partial charge in [-0.1, -0.05) is 6.92 Å². The molecule has 1 N–H and O–H groups in total. The summed E-state index contributed by atoms with van der Waals surface area (Å²) in [4.78, 5) is 36.7. The number of aliphatic carboxylic acids is 1. The van der Waals surface area contributed by atoms with Crippen molar-refractivity contribution in [3.05, 3.63) is 28.2 Å². The molecule has 0 saturated carbocycles. The highest BCUT2D eigenvalue weighted by Crippen LogP contribution is 2.33. The summed E-state index contributed by atoms with van der Waals surface area (Å²) in [6.45, 7) is 2.15. The summed E-state index contributed by atoms with van der Waals surface area (Å²) in [5.74, 6) is -1.43. The second-order valence-corrected chi connectivity index (χ2v) is 4.93. The first kappa shape index (κ1) is 14.2. The van der Waals surface area contributed by atoms with Gasteiger partial charge in [0.15, 0.2) is 0 Å². The van der Waals surface area contributed by atoms with Gasteiger partial charge in [-0.15, -0.1) is 0 Å². The van der Waals surface area contributed by atoms with Crippen LogP contribution in [0.2, 0.25) is 0 Å². The number of carbonyl (C=O) groups excluding carboxylic acids is 1. The van der Waals surface area contributed by atoms with Crippen molar-refractivity contribution in [3.63, 3.8) is 0 Å². The molecule has 2 heterocycles. The Morgan fingerprint density at radius 1 is 1.45 bits per heavy atom. The molecular weight excluding hydrogens is 262 g/mol. The Morgan fingerprint density at radius 2 is 2.15 bits per heavy atom. The molecule has 1 saturated heterocycles. The Hall–Kier alpha value is -2.18. The molecule has 7 nitrogen and oxygen atoms in total. The number of likely N-dealkylation sites (tertiary alicyclic amines) is 1. The zero-order chi connectivity index (χ0) is 14.9. The molecule has 0 spiro atoms. The van der Waals surface area contributed by atoms with Gasteiger partial charge < -0.3 is 10.0 Å². The van der Waals surface area contributed by atoms with E-state index in [9.17, 15) is 19.5 Å². The minimum atomic E-state index is -1.16. The number of aryl methyl sites for hydroxylation is 1. The number of carboxylic acid groups (broad SMARTS) is 1. The van der Waals surface area contributed by atoms with Gasteiger partial charge in [-0.05, 0) is 25.3 Å². The minimum absolute atomic E-state index is 0.0908. The van der Waals surface area contributed by atoms with Gasteiger partial charge in [-0.2, -0.15) is 5.10 Å². The number of amides is 1. The maximum absolute atomic E-state index is 12.5. The van der Waals surface area contributed by atoms with E-state index in [0.29, 0.717) is 25.8 Å². The van der Waals surface area contributed by atoms with Crippen LogP contribution in [-0.4, -0.2) is 43.7 Å². The van der Waals surface area contributed by atoms with Crippen LogP contribution in [0.5, 0.6) is 0 Å². The Kier molecular flexibility index (Phi) is 3.61. The lowest BCUT2D eigenvalue weighted by Crippen LogP contribution is -2.53. The maximum Gasteiger partial charge on any atom is 0.329 e. The van der Waals surface area contributed by atoms with Crippen molar-refractivity contribution in [2.24, 2.45) is 7.05 Å². The quantitative estimate of drug-likeness (QED) is 0.856. The Bertz CT molecular complexity index is 610. The largest absolute Gasteiger partial charge is 0.479 e. The van der Waals surface area contributed by atoms with E-state index in [1.807, 2.05) is 0 Å². The van der Waals surface area contributed by atoms with Gasteiger partial charge in [0.05, 0.1) is 0 Å². The zero-order valence-corrected chi connectivity index (χ0v) is 11.5. The average Bonchev–Trinajstić information content (AvgIpc) is 2.86. The molecule has 108 valence electrons. The topological polar surface area (TPSA) is 92.5 Å². The van der Waals surface area contributed by atoms with Crippen LogP contribution in [0.3, 0.4) is 0 Å². The molecule has 1 atom stereocenters. The molecule has 0 aliphatic carbocycles. The van der Waals surface area contributed by atoms with Gasteiger partial charge in [0.2, 0.25) is 0 Å². The number of hydrogen-bond donors (Lipinski definition) is 1. The van der Waals surface area contributed by atoms with Crippen molar-refractivity contribution >= 4 is 11.9 Å². The van der Waals surface area contributed by atoms with Crippen LogP contribution >= 0.6 is 0 Å². The summed E-state index contributed by atoms with van der Waals surface area (Å²) in [5, 5.41) is 13.4. The van der Waals surface area contributed by atoms with Gasteiger partial charge in [0.25, 0.3) is 11.5 Å². The van der Waals surface area contributed by atoms with E-state index in [1.54, 1.807) is 6.92 Å². The number of nitrogens with zero attached hydrogens (tertiary/aromatic N) is 3. The first-order valence-electron chi connectivity index (χ1n) is 6.52. The third-order valence-electron chi connectivity index (χ3n) is 3.90. The average molecular weight is 279 g/mol. The van der Waals surface area contributed by atoms with Crippen molar-refractivity contribution < 1.29 is 14.7 Å². The zero-order valence-electron chi connectivity index (χ0n) is 11.5. The molecule has 1 unspecified atom stereocenters. The molecule has 0 radical (unpaired) electrons. The SMILES string of the molecule is CCC1(C(=O)O)CCCN1C(=O)c1ccc(=O)n(C)n1. The highest BCUT2D eigenvalue weighted by molar-refractivity contribution is 5.96. The van der Waals surface area contributed by atoms with Crippen LogP contribution < -0.4 is 5.56 Å². The van der Waals surface area contributed by atoms with Crippen molar-refractivity contribution in [1.29, 1.82) is 0 Å². The Labute approximate surface area is 115 Å².